The zero-order valence-corrected chi connectivity index (χ0v) is 19.5. The molecular weight excluding hydrogens is 459 g/mol. The molecule has 0 fully saturated rings. The van der Waals surface area contributed by atoms with Gasteiger partial charge in [0, 0.05) is 18.3 Å². The number of allylic oxidation sites excluding steroid dienone is 1. The molecule has 1 atom stereocenters. The summed E-state index contributed by atoms with van der Waals surface area (Å²) < 4.78 is 46.8. The predicted octanol–water partition coefficient (Wildman–Crippen LogP) is 6.43. The molecule has 0 amide bonds. The molecule has 0 spiro atoms. The third-order valence-corrected chi connectivity index (χ3v) is 5.43. The molecule has 0 aliphatic heterocycles. The monoisotopic (exact) mass is 485 g/mol. The van der Waals surface area contributed by atoms with Crippen LogP contribution in [0, 0.1) is 0 Å². The normalized spacial score (nSPS) is 12.8. The Balaban J connectivity index is 1.84. The average molecular weight is 486 g/mol. The zero-order chi connectivity index (χ0) is 25.8. The van der Waals surface area contributed by atoms with Crippen molar-refractivity contribution < 1.29 is 32.6 Å². The van der Waals surface area contributed by atoms with Gasteiger partial charge < -0.3 is 14.4 Å². The molecule has 1 aromatic heterocycles. The molecule has 3 rings (SSSR count). The fourth-order valence-electron chi connectivity index (χ4n) is 3.42. The van der Waals surface area contributed by atoms with Crippen molar-refractivity contribution in [1.29, 1.82) is 0 Å². The van der Waals surface area contributed by atoms with Crippen LogP contribution in [-0.2, 0) is 17.5 Å². The second kappa shape index (κ2) is 10.6. The zero-order valence-electron chi connectivity index (χ0n) is 19.5. The maximum Gasteiger partial charge on any atom is 0.417 e. The number of ketones is 1. The Kier molecular flexibility index (Phi) is 7.84. The van der Waals surface area contributed by atoms with Gasteiger partial charge in [-0.25, -0.2) is 4.79 Å². The first kappa shape index (κ1) is 25.8. The average Bonchev–Trinajstić information content (AvgIpc) is 3.23. The van der Waals surface area contributed by atoms with Crippen LogP contribution in [0.3, 0.4) is 0 Å². The Morgan fingerprint density at radius 3 is 2.34 bits per heavy atom. The minimum absolute atomic E-state index is 0.0256. The highest BCUT2D eigenvalue weighted by molar-refractivity contribution is 6.08. The van der Waals surface area contributed by atoms with Gasteiger partial charge in [-0.3, -0.25) is 4.79 Å². The van der Waals surface area contributed by atoms with Crippen LogP contribution in [0.1, 0.15) is 59.4 Å². The number of rotatable bonds is 9. The molecule has 3 aromatic rings. The van der Waals surface area contributed by atoms with Crippen LogP contribution in [0.25, 0.3) is 6.08 Å². The van der Waals surface area contributed by atoms with E-state index in [1.165, 1.54) is 11.5 Å². The minimum Gasteiger partial charge on any atom is -0.479 e. The molecule has 35 heavy (non-hydrogen) atoms. The summed E-state index contributed by atoms with van der Waals surface area (Å²) in [5.41, 5.74) is 1.04. The first-order chi connectivity index (χ1) is 16.5. The lowest BCUT2D eigenvalue weighted by Crippen LogP contribution is -2.22. The summed E-state index contributed by atoms with van der Waals surface area (Å²) in [5.74, 6) is -0.985. The summed E-state index contributed by atoms with van der Waals surface area (Å²) in [6, 6.07) is 14.4. The number of ether oxygens (including phenoxy) is 1. The lowest BCUT2D eigenvalue weighted by Gasteiger charge is -2.10. The van der Waals surface area contributed by atoms with Crippen molar-refractivity contribution in [1.82, 2.24) is 4.57 Å². The lowest BCUT2D eigenvalue weighted by atomic mass is 9.99. The largest absolute Gasteiger partial charge is 0.479 e. The van der Waals surface area contributed by atoms with Crippen LogP contribution >= 0.6 is 0 Å². The van der Waals surface area contributed by atoms with Crippen LogP contribution < -0.4 is 4.74 Å². The van der Waals surface area contributed by atoms with Crippen molar-refractivity contribution >= 4 is 17.8 Å². The Morgan fingerprint density at radius 1 is 1.06 bits per heavy atom. The molecule has 5 nitrogen and oxygen atoms in total. The molecule has 2 aromatic carbocycles. The van der Waals surface area contributed by atoms with Gasteiger partial charge >= 0.3 is 12.1 Å². The highest BCUT2D eigenvalue weighted by atomic mass is 19.4. The number of carboxylic acids is 1. The van der Waals surface area contributed by atoms with Gasteiger partial charge in [-0.2, -0.15) is 13.2 Å². The predicted molar refractivity (Wildman–Crippen MR) is 127 cm³/mol. The van der Waals surface area contributed by atoms with Gasteiger partial charge in [-0.05, 0) is 42.2 Å². The topological polar surface area (TPSA) is 68.5 Å². The molecule has 1 N–H and O–H groups in total. The Bertz CT molecular complexity index is 1220. The fourth-order valence-corrected chi connectivity index (χ4v) is 3.42. The molecule has 0 radical (unpaired) electrons. The van der Waals surface area contributed by atoms with E-state index in [2.05, 4.69) is 0 Å². The van der Waals surface area contributed by atoms with Crippen molar-refractivity contribution in [3.8, 4) is 5.75 Å². The minimum atomic E-state index is -4.59. The van der Waals surface area contributed by atoms with Gasteiger partial charge in [0.2, 0.25) is 5.78 Å². The van der Waals surface area contributed by atoms with Crippen molar-refractivity contribution in [2.24, 2.45) is 0 Å². The summed E-state index contributed by atoms with van der Waals surface area (Å²) in [6.07, 6.45) is -1.40. The second-order valence-electron chi connectivity index (χ2n) is 8.44. The van der Waals surface area contributed by atoms with E-state index in [0.29, 0.717) is 16.9 Å². The number of hydrogen-bond acceptors (Lipinski definition) is 3. The van der Waals surface area contributed by atoms with Crippen LogP contribution in [-0.4, -0.2) is 27.5 Å². The van der Waals surface area contributed by atoms with Crippen LogP contribution in [0.5, 0.6) is 5.75 Å². The molecule has 1 heterocycles. The lowest BCUT2D eigenvalue weighted by molar-refractivity contribution is -0.144. The summed E-state index contributed by atoms with van der Waals surface area (Å²) in [4.78, 5) is 24.0. The molecule has 0 aliphatic carbocycles. The first-order valence-corrected chi connectivity index (χ1v) is 11.0. The van der Waals surface area contributed by atoms with Crippen LogP contribution in [0.2, 0.25) is 0 Å². The van der Waals surface area contributed by atoms with Gasteiger partial charge in [0.15, 0.2) is 6.10 Å². The number of alkyl halides is 3. The van der Waals surface area contributed by atoms with E-state index < -0.39 is 29.6 Å². The van der Waals surface area contributed by atoms with E-state index in [1.807, 2.05) is 13.8 Å². The SMILES string of the molecule is CC(C)c1ccc(C(=O)c2cc(C(F)(F)F)cn2C/C=C/c2cccc(O[C@@H](C)C(=O)O)c2)cc1. The molecule has 0 aliphatic rings. The van der Waals surface area contributed by atoms with E-state index in [9.17, 15) is 22.8 Å². The van der Waals surface area contributed by atoms with E-state index in [-0.39, 0.29) is 18.2 Å². The highest BCUT2D eigenvalue weighted by Crippen LogP contribution is 2.31. The van der Waals surface area contributed by atoms with E-state index >= 15 is 0 Å². The third-order valence-electron chi connectivity index (χ3n) is 5.43. The molecular formula is C27H26F3NO4. The van der Waals surface area contributed by atoms with Crippen molar-refractivity contribution in [2.75, 3.05) is 0 Å². The van der Waals surface area contributed by atoms with Gasteiger partial charge in [-0.1, -0.05) is 62.4 Å². The smallest absolute Gasteiger partial charge is 0.417 e. The second-order valence-corrected chi connectivity index (χ2v) is 8.44. The maximum absolute atomic E-state index is 13.4. The number of carbonyl (C=O) groups is 2. The maximum atomic E-state index is 13.4. The van der Waals surface area contributed by atoms with Crippen LogP contribution in [0.4, 0.5) is 13.2 Å². The van der Waals surface area contributed by atoms with Gasteiger partial charge in [-0.15, -0.1) is 0 Å². The first-order valence-electron chi connectivity index (χ1n) is 11.0. The summed E-state index contributed by atoms with van der Waals surface area (Å²) in [5, 5.41) is 8.98. The summed E-state index contributed by atoms with van der Waals surface area (Å²) >= 11 is 0. The van der Waals surface area contributed by atoms with Gasteiger partial charge in [0.05, 0.1) is 11.3 Å². The molecule has 184 valence electrons. The quantitative estimate of drug-likeness (QED) is 0.355. The number of hydrogen-bond donors (Lipinski definition) is 1. The van der Waals surface area contributed by atoms with Crippen molar-refractivity contribution in [2.45, 2.75) is 45.5 Å². The number of halogens is 3. The molecule has 0 saturated heterocycles. The Labute approximate surface area is 201 Å². The highest BCUT2D eigenvalue weighted by Gasteiger charge is 2.33. The summed E-state index contributed by atoms with van der Waals surface area (Å²) in [6.45, 7) is 5.46. The number of benzene rings is 2. The van der Waals surface area contributed by atoms with Crippen LogP contribution in [0.15, 0.2) is 66.9 Å². The molecule has 0 unspecified atom stereocenters. The number of aromatic nitrogens is 1. The Morgan fingerprint density at radius 2 is 1.74 bits per heavy atom. The number of nitrogens with zero attached hydrogens (tertiary/aromatic N) is 1. The molecule has 0 bridgehead atoms. The molecule has 8 heteroatoms. The van der Waals surface area contributed by atoms with Crippen molar-refractivity contribution in [3.63, 3.8) is 0 Å². The summed E-state index contributed by atoms with van der Waals surface area (Å²) in [7, 11) is 0. The number of aliphatic carboxylic acids is 1. The standard InChI is InChI=1S/C27H26F3NO4/c1-17(2)20-9-11-21(12-10-20)25(32)24-15-22(27(28,29)30)16-31(24)13-5-7-19-6-4-8-23(14-19)35-18(3)26(33)34/h4-12,14-18H,13H2,1-3H3,(H,33,34)/b7-5+/t18-/m0/s1. The third kappa shape index (κ3) is 6.62. The van der Waals surface area contributed by atoms with E-state index in [1.54, 1.807) is 60.7 Å². The fraction of sp³-hybridized carbons (Fsp3) is 0.259. The van der Waals surface area contributed by atoms with Crippen molar-refractivity contribution in [3.05, 3.63) is 94.8 Å². The van der Waals surface area contributed by atoms with E-state index in [0.717, 1.165) is 17.8 Å². The Hall–Kier alpha value is -3.81. The van der Waals surface area contributed by atoms with Gasteiger partial charge in [0.25, 0.3) is 0 Å². The van der Waals surface area contributed by atoms with Gasteiger partial charge in [0.1, 0.15) is 5.75 Å². The van der Waals surface area contributed by atoms with E-state index in [4.69, 9.17) is 9.84 Å². The number of carbonyl (C=O) groups excluding carboxylic acids is 1. The number of carboxylic acid groups (broad SMARTS) is 1. The molecule has 0 saturated carbocycles.